The van der Waals surface area contributed by atoms with Crippen LogP contribution in [-0.4, -0.2) is 34.8 Å². The Bertz CT molecular complexity index is 1100. The molecule has 1 aromatic carbocycles. The molecule has 0 aliphatic rings. The third-order valence-corrected chi connectivity index (χ3v) is 5.06. The molecule has 2 heterocycles. The summed E-state index contributed by atoms with van der Waals surface area (Å²) in [6.45, 7) is 7.35. The minimum Gasteiger partial charge on any atom is -0.459 e. The van der Waals surface area contributed by atoms with Gasteiger partial charge in [0.2, 0.25) is 11.8 Å². The summed E-state index contributed by atoms with van der Waals surface area (Å²) < 4.78 is 5.10. The Morgan fingerprint density at radius 2 is 1.71 bits per heavy atom. The Kier molecular flexibility index (Phi) is 7.83. The molecule has 3 amide bonds. The highest BCUT2D eigenvalue weighted by atomic mass is 16.3. The fourth-order valence-electron chi connectivity index (χ4n) is 3.47. The van der Waals surface area contributed by atoms with Crippen LogP contribution in [0.3, 0.4) is 0 Å². The Balaban J connectivity index is 2.00. The van der Waals surface area contributed by atoms with Gasteiger partial charge in [-0.3, -0.25) is 24.3 Å². The van der Waals surface area contributed by atoms with Crippen LogP contribution in [0.1, 0.15) is 55.4 Å². The second-order valence-corrected chi connectivity index (χ2v) is 8.87. The summed E-state index contributed by atoms with van der Waals surface area (Å²) in [5, 5.41) is 5.56. The number of pyridine rings is 1. The first-order chi connectivity index (χ1) is 16.2. The average Bonchev–Trinajstić information content (AvgIpc) is 3.35. The SMILES string of the molecule is CCc1ccc(N(C(=O)CNC(=O)c2ccco2)[C@H](C(=O)NC(C)(C)C)c2ccncc2)cc1. The molecule has 178 valence electrons. The normalized spacial score (nSPS) is 12.0. The van der Waals surface area contributed by atoms with Crippen LogP contribution >= 0.6 is 0 Å². The number of carbonyl (C=O) groups excluding carboxylic acids is 3. The lowest BCUT2D eigenvalue weighted by atomic mass is 10.0. The molecule has 1 atom stereocenters. The second-order valence-electron chi connectivity index (χ2n) is 8.87. The zero-order chi connectivity index (χ0) is 24.7. The second kappa shape index (κ2) is 10.8. The number of anilines is 1. The summed E-state index contributed by atoms with van der Waals surface area (Å²) in [6, 6.07) is 13.0. The topological polar surface area (TPSA) is 105 Å². The fraction of sp³-hybridized carbons (Fsp3) is 0.308. The predicted molar refractivity (Wildman–Crippen MR) is 129 cm³/mol. The summed E-state index contributed by atoms with van der Waals surface area (Å²) in [4.78, 5) is 44.9. The number of nitrogens with zero attached hydrogens (tertiary/aromatic N) is 2. The van der Waals surface area contributed by atoms with E-state index in [9.17, 15) is 14.4 Å². The molecule has 0 unspecified atom stereocenters. The number of hydrogen-bond donors (Lipinski definition) is 2. The molecule has 3 rings (SSSR count). The van der Waals surface area contributed by atoms with Gasteiger partial charge in [0.15, 0.2) is 5.76 Å². The molecule has 0 fully saturated rings. The van der Waals surface area contributed by atoms with Crippen LogP contribution in [0.15, 0.2) is 71.6 Å². The monoisotopic (exact) mass is 462 g/mol. The molecular weight excluding hydrogens is 432 g/mol. The first kappa shape index (κ1) is 24.7. The van der Waals surface area contributed by atoms with Gasteiger partial charge in [-0.1, -0.05) is 19.1 Å². The first-order valence-electron chi connectivity index (χ1n) is 11.1. The number of furan rings is 1. The fourth-order valence-corrected chi connectivity index (χ4v) is 3.47. The molecule has 0 aliphatic carbocycles. The molecule has 0 spiro atoms. The van der Waals surface area contributed by atoms with Gasteiger partial charge in [-0.25, -0.2) is 0 Å². The van der Waals surface area contributed by atoms with E-state index in [-0.39, 0.29) is 18.2 Å². The molecule has 3 aromatic rings. The van der Waals surface area contributed by atoms with Gasteiger partial charge in [0, 0.05) is 23.6 Å². The molecule has 0 bridgehead atoms. The van der Waals surface area contributed by atoms with Crippen LogP contribution in [0, 0.1) is 0 Å². The lowest BCUT2D eigenvalue weighted by Crippen LogP contribution is -2.51. The van der Waals surface area contributed by atoms with Gasteiger partial charge in [0.1, 0.15) is 6.04 Å². The molecule has 0 saturated carbocycles. The highest BCUT2D eigenvalue weighted by Crippen LogP contribution is 2.29. The van der Waals surface area contributed by atoms with E-state index in [4.69, 9.17) is 4.42 Å². The van der Waals surface area contributed by atoms with Crippen LogP contribution in [0.2, 0.25) is 0 Å². The van der Waals surface area contributed by atoms with Crippen molar-refractivity contribution in [2.45, 2.75) is 45.7 Å². The van der Waals surface area contributed by atoms with Gasteiger partial charge in [0.05, 0.1) is 12.8 Å². The molecule has 0 radical (unpaired) electrons. The van der Waals surface area contributed by atoms with Crippen LogP contribution in [0.25, 0.3) is 0 Å². The van der Waals surface area contributed by atoms with Crippen molar-refractivity contribution >= 4 is 23.4 Å². The van der Waals surface area contributed by atoms with Crippen molar-refractivity contribution in [3.63, 3.8) is 0 Å². The predicted octanol–water partition coefficient (Wildman–Crippen LogP) is 3.66. The number of amides is 3. The minimum atomic E-state index is -0.970. The van der Waals surface area contributed by atoms with Gasteiger partial charge >= 0.3 is 0 Å². The van der Waals surface area contributed by atoms with Gasteiger partial charge in [-0.05, 0) is 74.7 Å². The van der Waals surface area contributed by atoms with Crippen molar-refractivity contribution in [3.8, 4) is 0 Å². The lowest BCUT2D eigenvalue weighted by Gasteiger charge is -2.34. The standard InChI is InChI=1S/C26H30N4O4/c1-5-18-8-10-20(11-9-18)30(22(31)17-28-24(32)21-7-6-16-34-21)23(19-12-14-27-15-13-19)25(33)29-26(2,3)4/h6-16,23H,5,17H2,1-4H3,(H,28,32)(H,29,33)/t23-/m0/s1. The van der Waals surface area contributed by atoms with Crippen LogP contribution in [0.5, 0.6) is 0 Å². The zero-order valence-electron chi connectivity index (χ0n) is 19.9. The third kappa shape index (κ3) is 6.31. The number of carbonyl (C=O) groups is 3. The Labute approximate surface area is 199 Å². The molecule has 2 N–H and O–H groups in total. The summed E-state index contributed by atoms with van der Waals surface area (Å²) in [5.41, 5.74) is 1.72. The van der Waals surface area contributed by atoms with E-state index >= 15 is 0 Å². The van der Waals surface area contributed by atoms with E-state index in [0.29, 0.717) is 11.3 Å². The number of nitrogens with one attached hydrogen (secondary N) is 2. The maximum atomic E-state index is 13.5. The molecular formula is C26H30N4O4. The number of aromatic nitrogens is 1. The average molecular weight is 463 g/mol. The smallest absolute Gasteiger partial charge is 0.287 e. The van der Waals surface area contributed by atoms with Gasteiger partial charge in [-0.2, -0.15) is 0 Å². The number of aryl methyl sites for hydroxylation is 1. The van der Waals surface area contributed by atoms with Gasteiger partial charge in [0.25, 0.3) is 5.91 Å². The van der Waals surface area contributed by atoms with Crippen LogP contribution in [-0.2, 0) is 16.0 Å². The first-order valence-corrected chi connectivity index (χ1v) is 11.1. The van der Waals surface area contributed by atoms with Crippen LogP contribution in [0.4, 0.5) is 5.69 Å². The molecule has 0 saturated heterocycles. The van der Waals surface area contributed by atoms with E-state index in [1.54, 1.807) is 30.6 Å². The largest absolute Gasteiger partial charge is 0.459 e. The molecule has 0 aliphatic heterocycles. The maximum absolute atomic E-state index is 13.5. The Morgan fingerprint density at radius 1 is 1.03 bits per heavy atom. The van der Waals surface area contributed by atoms with Gasteiger partial charge in [-0.15, -0.1) is 0 Å². The molecule has 34 heavy (non-hydrogen) atoms. The van der Waals surface area contributed by atoms with Crippen molar-refractivity contribution < 1.29 is 18.8 Å². The number of rotatable bonds is 8. The summed E-state index contributed by atoms with van der Waals surface area (Å²) >= 11 is 0. The Morgan fingerprint density at radius 3 is 2.26 bits per heavy atom. The highest BCUT2D eigenvalue weighted by Gasteiger charge is 2.34. The van der Waals surface area contributed by atoms with E-state index in [1.807, 2.05) is 52.0 Å². The van der Waals surface area contributed by atoms with Crippen molar-refractivity contribution in [1.29, 1.82) is 0 Å². The van der Waals surface area contributed by atoms with Gasteiger partial charge < -0.3 is 15.1 Å². The number of hydrogen-bond acceptors (Lipinski definition) is 5. The molecule has 2 aromatic heterocycles. The number of benzene rings is 1. The lowest BCUT2D eigenvalue weighted by molar-refractivity contribution is -0.127. The van der Waals surface area contributed by atoms with Crippen molar-refractivity contribution in [1.82, 2.24) is 15.6 Å². The van der Waals surface area contributed by atoms with Crippen molar-refractivity contribution in [2.75, 3.05) is 11.4 Å². The summed E-state index contributed by atoms with van der Waals surface area (Å²) in [6.07, 6.45) is 5.38. The zero-order valence-corrected chi connectivity index (χ0v) is 19.9. The highest BCUT2D eigenvalue weighted by molar-refractivity contribution is 6.04. The summed E-state index contributed by atoms with van der Waals surface area (Å²) in [5.74, 6) is -1.21. The third-order valence-electron chi connectivity index (χ3n) is 5.06. The van der Waals surface area contributed by atoms with E-state index < -0.39 is 23.4 Å². The molecule has 8 nitrogen and oxygen atoms in total. The quantitative estimate of drug-likeness (QED) is 0.532. The molecule has 8 heteroatoms. The summed E-state index contributed by atoms with van der Waals surface area (Å²) in [7, 11) is 0. The van der Waals surface area contributed by atoms with Crippen molar-refractivity contribution in [2.24, 2.45) is 0 Å². The maximum Gasteiger partial charge on any atom is 0.287 e. The van der Waals surface area contributed by atoms with E-state index in [0.717, 1.165) is 12.0 Å². The van der Waals surface area contributed by atoms with E-state index in [2.05, 4.69) is 15.6 Å². The van der Waals surface area contributed by atoms with Crippen molar-refractivity contribution in [3.05, 3.63) is 84.1 Å². The minimum absolute atomic E-state index is 0.0998. The Hall–Kier alpha value is -3.94. The van der Waals surface area contributed by atoms with E-state index in [1.165, 1.54) is 17.2 Å². The van der Waals surface area contributed by atoms with Crippen LogP contribution < -0.4 is 15.5 Å².